The molecule has 0 fully saturated rings. The predicted molar refractivity (Wildman–Crippen MR) is 80.5 cm³/mol. The van der Waals surface area contributed by atoms with Crippen LogP contribution in [0.25, 0.3) is 10.9 Å². The number of para-hydroxylation sites is 1. The van der Waals surface area contributed by atoms with Gasteiger partial charge in [-0.1, -0.05) is 18.2 Å². The van der Waals surface area contributed by atoms with E-state index in [1.807, 2.05) is 24.3 Å². The quantitative estimate of drug-likeness (QED) is 0.722. The Kier molecular flexibility index (Phi) is 3.23. The summed E-state index contributed by atoms with van der Waals surface area (Å²) in [6, 6.07) is 16.1. The molecule has 3 rings (SSSR count). The van der Waals surface area contributed by atoms with E-state index in [2.05, 4.69) is 0 Å². The van der Waals surface area contributed by atoms with E-state index < -0.39 is 6.09 Å². The first-order chi connectivity index (χ1) is 10.1. The van der Waals surface area contributed by atoms with Crippen LogP contribution in [0.3, 0.4) is 0 Å². The Labute approximate surface area is 121 Å². The number of ether oxygens (including phenoxy) is 1. The van der Waals surface area contributed by atoms with E-state index in [1.165, 1.54) is 4.57 Å². The van der Waals surface area contributed by atoms with Crippen LogP contribution < -0.4 is 10.5 Å². The molecule has 0 bridgehead atoms. The van der Waals surface area contributed by atoms with Gasteiger partial charge in [0.25, 0.3) is 0 Å². The summed E-state index contributed by atoms with van der Waals surface area (Å²) in [6.07, 6.45) is -1.02. The molecule has 5 heteroatoms. The number of hydrogen-bond donors (Lipinski definition) is 2. The van der Waals surface area contributed by atoms with Gasteiger partial charge in [0.2, 0.25) is 0 Å². The summed E-state index contributed by atoms with van der Waals surface area (Å²) in [5, 5.41) is 10.2. The van der Waals surface area contributed by atoms with Gasteiger partial charge in [-0.15, -0.1) is 0 Å². The maximum atomic E-state index is 11.4. The molecule has 0 aliphatic rings. The Morgan fingerprint density at radius 2 is 1.86 bits per heavy atom. The van der Waals surface area contributed by atoms with Crippen molar-refractivity contribution in [2.24, 2.45) is 0 Å². The number of nitrogens with zero attached hydrogens (tertiary/aromatic N) is 1. The first kappa shape index (κ1) is 13.1. The average molecular weight is 282 g/mol. The summed E-state index contributed by atoms with van der Waals surface area (Å²) in [4.78, 5) is 11.4. The van der Waals surface area contributed by atoms with Crippen LogP contribution >= 0.6 is 0 Å². The standard InChI is InChI=1S/C16H14N2O3/c17-12-5-7-14(8-6-12)21-10-13-9-11-3-1-2-4-15(11)18(13)16(19)20/h1-9H,10,17H2,(H,19,20). The predicted octanol–water partition coefficient (Wildman–Crippen LogP) is 3.33. The van der Waals surface area contributed by atoms with Crippen LogP contribution in [-0.2, 0) is 6.61 Å². The summed E-state index contributed by atoms with van der Waals surface area (Å²) in [5.41, 5.74) is 7.50. The van der Waals surface area contributed by atoms with Crippen molar-refractivity contribution in [2.45, 2.75) is 6.61 Å². The molecule has 21 heavy (non-hydrogen) atoms. The molecule has 3 N–H and O–H groups in total. The molecule has 0 saturated heterocycles. The molecule has 0 atom stereocenters. The van der Waals surface area contributed by atoms with Gasteiger partial charge in [0.1, 0.15) is 12.4 Å². The van der Waals surface area contributed by atoms with Crippen molar-refractivity contribution in [3.63, 3.8) is 0 Å². The third-order valence-electron chi connectivity index (χ3n) is 3.25. The van der Waals surface area contributed by atoms with Gasteiger partial charge in [0.05, 0.1) is 11.2 Å². The number of benzene rings is 2. The Hall–Kier alpha value is -2.95. The third kappa shape index (κ3) is 2.53. The van der Waals surface area contributed by atoms with E-state index >= 15 is 0 Å². The second-order valence-corrected chi connectivity index (χ2v) is 4.67. The minimum absolute atomic E-state index is 0.172. The van der Waals surface area contributed by atoms with Gasteiger partial charge in [-0.3, -0.25) is 0 Å². The van der Waals surface area contributed by atoms with E-state index in [1.54, 1.807) is 30.3 Å². The average Bonchev–Trinajstić information content (AvgIpc) is 2.85. The van der Waals surface area contributed by atoms with E-state index in [0.29, 0.717) is 22.6 Å². The zero-order valence-electron chi connectivity index (χ0n) is 11.2. The number of hydrogen-bond acceptors (Lipinski definition) is 3. The Morgan fingerprint density at radius 1 is 1.14 bits per heavy atom. The molecule has 1 heterocycles. The zero-order chi connectivity index (χ0) is 14.8. The lowest BCUT2D eigenvalue weighted by Crippen LogP contribution is -2.13. The summed E-state index contributed by atoms with van der Waals surface area (Å²) in [5.74, 6) is 0.645. The summed E-state index contributed by atoms with van der Waals surface area (Å²) < 4.78 is 6.87. The molecule has 0 radical (unpaired) electrons. The molecular formula is C16H14N2O3. The fourth-order valence-electron chi connectivity index (χ4n) is 2.27. The number of nitrogens with two attached hydrogens (primary N) is 1. The van der Waals surface area contributed by atoms with Gasteiger partial charge in [-0.25, -0.2) is 9.36 Å². The fourth-order valence-corrected chi connectivity index (χ4v) is 2.27. The number of carbonyl (C=O) groups is 1. The summed E-state index contributed by atoms with van der Waals surface area (Å²) >= 11 is 0. The minimum atomic E-state index is -1.02. The topological polar surface area (TPSA) is 77.5 Å². The van der Waals surface area contributed by atoms with Crippen molar-refractivity contribution in [3.8, 4) is 5.75 Å². The molecule has 0 aliphatic carbocycles. The molecule has 3 aromatic rings. The molecule has 0 amide bonds. The molecule has 106 valence electrons. The van der Waals surface area contributed by atoms with E-state index in [0.717, 1.165) is 5.39 Å². The van der Waals surface area contributed by atoms with Crippen molar-refractivity contribution in [2.75, 3.05) is 5.73 Å². The second-order valence-electron chi connectivity index (χ2n) is 4.67. The number of aromatic nitrogens is 1. The van der Waals surface area contributed by atoms with E-state index in [-0.39, 0.29) is 6.61 Å². The number of carboxylic acid groups (broad SMARTS) is 1. The minimum Gasteiger partial charge on any atom is -0.487 e. The highest BCUT2D eigenvalue weighted by Gasteiger charge is 2.14. The molecule has 0 saturated carbocycles. The number of fused-ring (bicyclic) bond motifs is 1. The second kappa shape index (κ2) is 5.20. The SMILES string of the molecule is Nc1ccc(OCc2cc3ccccc3n2C(=O)O)cc1. The van der Waals surface area contributed by atoms with E-state index in [4.69, 9.17) is 10.5 Å². The van der Waals surface area contributed by atoms with Gasteiger partial charge < -0.3 is 15.6 Å². The Balaban J connectivity index is 1.91. The van der Waals surface area contributed by atoms with Crippen LogP contribution in [0.15, 0.2) is 54.6 Å². The van der Waals surface area contributed by atoms with Crippen molar-refractivity contribution >= 4 is 22.7 Å². The molecule has 1 aromatic heterocycles. The normalized spacial score (nSPS) is 10.7. The highest BCUT2D eigenvalue weighted by molar-refractivity contribution is 5.90. The van der Waals surface area contributed by atoms with E-state index in [9.17, 15) is 9.90 Å². The van der Waals surface area contributed by atoms with Crippen LogP contribution in [0.2, 0.25) is 0 Å². The highest BCUT2D eigenvalue weighted by atomic mass is 16.5. The van der Waals surface area contributed by atoms with Gasteiger partial charge in [-0.05, 0) is 36.4 Å². The van der Waals surface area contributed by atoms with Crippen LogP contribution in [0.1, 0.15) is 5.69 Å². The van der Waals surface area contributed by atoms with Gasteiger partial charge >= 0.3 is 6.09 Å². The lowest BCUT2D eigenvalue weighted by molar-refractivity contribution is 0.194. The highest BCUT2D eigenvalue weighted by Crippen LogP contribution is 2.21. The van der Waals surface area contributed by atoms with Crippen LogP contribution in [0.5, 0.6) is 5.75 Å². The van der Waals surface area contributed by atoms with Crippen LogP contribution in [-0.4, -0.2) is 15.8 Å². The first-order valence-electron chi connectivity index (χ1n) is 6.46. The Morgan fingerprint density at radius 3 is 2.57 bits per heavy atom. The smallest absolute Gasteiger partial charge is 0.416 e. The molecule has 0 spiro atoms. The van der Waals surface area contributed by atoms with Crippen LogP contribution in [0.4, 0.5) is 10.5 Å². The molecule has 2 aromatic carbocycles. The monoisotopic (exact) mass is 282 g/mol. The number of rotatable bonds is 3. The van der Waals surface area contributed by atoms with Crippen LogP contribution in [0, 0.1) is 0 Å². The molecular weight excluding hydrogens is 268 g/mol. The van der Waals surface area contributed by atoms with Crippen molar-refractivity contribution in [1.82, 2.24) is 4.57 Å². The van der Waals surface area contributed by atoms with Crippen molar-refractivity contribution in [1.29, 1.82) is 0 Å². The fraction of sp³-hybridized carbons (Fsp3) is 0.0625. The number of nitrogen functional groups attached to an aromatic ring is 1. The lowest BCUT2D eigenvalue weighted by Gasteiger charge is -2.08. The first-order valence-corrected chi connectivity index (χ1v) is 6.46. The Bertz CT molecular complexity index is 791. The van der Waals surface area contributed by atoms with Gasteiger partial charge in [-0.2, -0.15) is 0 Å². The molecule has 0 aliphatic heterocycles. The maximum absolute atomic E-state index is 11.4. The third-order valence-corrected chi connectivity index (χ3v) is 3.25. The molecule has 0 unspecified atom stereocenters. The molecule has 5 nitrogen and oxygen atoms in total. The lowest BCUT2D eigenvalue weighted by atomic mass is 10.2. The zero-order valence-corrected chi connectivity index (χ0v) is 11.2. The largest absolute Gasteiger partial charge is 0.487 e. The maximum Gasteiger partial charge on any atom is 0.416 e. The van der Waals surface area contributed by atoms with Gasteiger partial charge in [0, 0.05) is 11.1 Å². The van der Waals surface area contributed by atoms with Crippen molar-refractivity contribution < 1.29 is 14.6 Å². The van der Waals surface area contributed by atoms with Gasteiger partial charge in [0.15, 0.2) is 0 Å². The summed E-state index contributed by atoms with van der Waals surface area (Å²) in [6.45, 7) is 0.172. The number of anilines is 1. The van der Waals surface area contributed by atoms with Crippen molar-refractivity contribution in [3.05, 3.63) is 60.3 Å². The summed E-state index contributed by atoms with van der Waals surface area (Å²) in [7, 11) is 0.